The van der Waals surface area contributed by atoms with Crippen molar-refractivity contribution in [3.63, 3.8) is 0 Å². The summed E-state index contributed by atoms with van der Waals surface area (Å²) in [5.74, 6) is 2.28. The number of aromatic nitrogens is 2. The van der Waals surface area contributed by atoms with Crippen molar-refractivity contribution in [3.8, 4) is 0 Å². The Labute approximate surface area is 122 Å². The van der Waals surface area contributed by atoms with Crippen LogP contribution < -0.4 is 5.32 Å². The maximum Gasteiger partial charge on any atom is 0.135 e. The summed E-state index contributed by atoms with van der Waals surface area (Å²) in [5, 5.41) is 13.8. The second kappa shape index (κ2) is 5.37. The summed E-state index contributed by atoms with van der Waals surface area (Å²) >= 11 is 3.43. The van der Waals surface area contributed by atoms with Crippen molar-refractivity contribution < 1.29 is 5.11 Å². The highest BCUT2D eigenvalue weighted by Crippen LogP contribution is 2.39. The Morgan fingerprint density at radius 3 is 2.68 bits per heavy atom. The van der Waals surface area contributed by atoms with E-state index >= 15 is 0 Å². The van der Waals surface area contributed by atoms with Gasteiger partial charge in [-0.3, -0.25) is 0 Å². The molecule has 19 heavy (non-hydrogen) atoms. The van der Waals surface area contributed by atoms with Gasteiger partial charge in [0.25, 0.3) is 0 Å². The molecule has 5 heteroatoms. The van der Waals surface area contributed by atoms with Crippen LogP contribution in [-0.2, 0) is 0 Å². The molecule has 2 saturated carbocycles. The van der Waals surface area contributed by atoms with Crippen LogP contribution in [-0.4, -0.2) is 27.2 Å². The standard InChI is InChI=1S/C14H20BrN3O/c15-11-8-12(18-13(17-11)10-4-5-10)16-9-14(19)6-2-1-3-7-14/h8,10,19H,1-7,9H2,(H,16,17,18). The second-order valence-electron chi connectivity index (χ2n) is 5.85. The van der Waals surface area contributed by atoms with Crippen molar-refractivity contribution in [2.24, 2.45) is 0 Å². The Hall–Kier alpha value is -0.680. The lowest BCUT2D eigenvalue weighted by molar-refractivity contribution is 0.0166. The van der Waals surface area contributed by atoms with Crippen LogP contribution in [0.4, 0.5) is 5.82 Å². The molecule has 2 aliphatic carbocycles. The summed E-state index contributed by atoms with van der Waals surface area (Å²) in [6, 6.07) is 1.89. The molecule has 0 bridgehead atoms. The zero-order valence-electron chi connectivity index (χ0n) is 11.0. The number of nitrogens with one attached hydrogen (secondary N) is 1. The summed E-state index contributed by atoms with van der Waals surface area (Å²) in [6.07, 6.45) is 7.66. The highest BCUT2D eigenvalue weighted by Gasteiger charge is 2.30. The molecular formula is C14H20BrN3O. The summed E-state index contributed by atoms with van der Waals surface area (Å²) in [6.45, 7) is 0.584. The van der Waals surface area contributed by atoms with Crippen LogP contribution in [0.5, 0.6) is 0 Å². The lowest BCUT2D eigenvalue weighted by Crippen LogP contribution is -2.39. The fourth-order valence-electron chi connectivity index (χ4n) is 2.69. The zero-order chi connectivity index (χ0) is 13.3. The van der Waals surface area contributed by atoms with Crippen LogP contribution in [0, 0.1) is 0 Å². The average Bonchev–Trinajstić information content (AvgIpc) is 3.21. The first-order chi connectivity index (χ1) is 9.15. The van der Waals surface area contributed by atoms with Crippen LogP contribution in [0.25, 0.3) is 0 Å². The average molecular weight is 326 g/mol. The van der Waals surface area contributed by atoms with Crippen molar-refractivity contribution in [1.29, 1.82) is 0 Å². The first-order valence-corrected chi connectivity index (χ1v) is 7.95. The molecule has 2 fully saturated rings. The molecule has 1 heterocycles. The minimum atomic E-state index is -0.560. The molecule has 4 nitrogen and oxygen atoms in total. The number of hydrogen-bond acceptors (Lipinski definition) is 4. The Kier molecular flexibility index (Phi) is 3.76. The van der Waals surface area contributed by atoms with Crippen LogP contribution in [0.15, 0.2) is 10.7 Å². The summed E-state index contributed by atoms with van der Waals surface area (Å²) in [7, 11) is 0. The molecule has 0 aliphatic heterocycles. The van der Waals surface area contributed by atoms with Crippen LogP contribution in [0.2, 0.25) is 0 Å². The van der Waals surface area contributed by atoms with Gasteiger partial charge in [0.2, 0.25) is 0 Å². The number of rotatable bonds is 4. The Morgan fingerprint density at radius 1 is 1.26 bits per heavy atom. The third-order valence-electron chi connectivity index (χ3n) is 4.04. The molecular weight excluding hydrogens is 306 g/mol. The molecule has 2 aliphatic rings. The Bertz CT molecular complexity index is 456. The van der Waals surface area contributed by atoms with E-state index in [4.69, 9.17) is 0 Å². The number of anilines is 1. The molecule has 1 aromatic heterocycles. The largest absolute Gasteiger partial charge is 0.388 e. The van der Waals surface area contributed by atoms with E-state index in [1.807, 2.05) is 6.07 Å². The fourth-order valence-corrected chi connectivity index (χ4v) is 3.09. The van der Waals surface area contributed by atoms with E-state index in [1.165, 1.54) is 19.3 Å². The maximum absolute atomic E-state index is 10.5. The maximum atomic E-state index is 10.5. The zero-order valence-corrected chi connectivity index (χ0v) is 12.6. The van der Waals surface area contributed by atoms with E-state index < -0.39 is 5.60 Å². The van der Waals surface area contributed by atoms with E-state index in [0.717, 1.165) is 41.9 Å². The normalized spacial score (nSPS) is 22.2. The molecule has 0 unspecified atom stereocenters. The van der Waals surface area contributed by atoms with Gasteiger partial charge in [0, 0.05) is 18.5 Å². The van der Waals surface area contributed by atoms with Gasteiger partial charge in [0.1, 0.15) is 16.2 Å². The van der Waals surface area contributed by atoms with Gasteiger partial charge >= 0.3 is 0 Å². The molecule has 0 amide bonds. The van der Waals surface area contributed by atoms with Crippen LogP contribution in [0.1, 0.15) is 56.7 Å². The quantitative estimate of drug-likeness (QED) is 0.834. The van der Waals surface area contributed by atoms with Crippen molar-refractivity contribution in [3.05, 3.63) is 16.5 Å². The van der Waals surface area contributed by atoms with Gasteiger partial charge in [0.05, 0.1) is 5.60 Å². The third kappa shape index (κ3) is 3.45. The van der Waals surface area contributed by atoms with Crippen molar-refractivity contribution >= 4 is 21.7 Å². The number of hydrogen-bond donors (Lipinski definition) is 2. The number of nitrogens with zero attached hydrogens (tertiary/aromatic N) is 2. The van der Waals surface area contributed by atoms with Crippen molar-refractivity contribution in [1.82, 2.24) is 9.97 Å². The monoisotopic (exact) mass is 325 g/mol. The predicted molar refractivity (Wildman–Crippen MR) is 78.2 cm³/mol. The molecule has 1 aromatic rings. The molecule has 0 radical (unpaired) electrons. The smallest absolute Gasteiger partial charge is 0.135 e. The fraction of sp³-hybridized carbons (Fsp3) is 0.714. The third-order valence-corrected chi connectivity index (χ3v) is 4.44. The predicted octanol–water partition coefficient (Wildman–Crippen LogP) is 3.22. The van der Waals surface area contributed by atoms with Gasteiger partial charge in [0.15, 0.2) is 0 Å². The molecule has 0 atom stereocenters. The highest BCUT2D eigenvalue weighted by atomic mass is 79.9. The minimum Gasteiger partial charge on any atom is -0.388 e. The van der Waals surface area contributed by atoms with E-state index in [2.05, 4.69) is 31.2 Å². The number of aliphatic hydroxyl groups is 1. The van der Waals surface area contributed by atoms with Crippen molar-refractivity contribution in [2.75, 3.05) is 11.9 Å². The van der Waals surface area contributed by atoms with Gasteiger partial charge in [-0.15, -0.1) is 0 Å². The first-order valence-electron chi connectivity index (χ1n) is 7.15. The van der Waals surface area contributed by atoms with Crippen molar-refractivity contribution in [2.45, 2.75) is 56.5 Å². The van der Waals surface area contributed by atoms with Gasteiger partial charge in [-0.1, -0.05) is 19.3 Å². The molecule has 104 valence electrons. The van der Waals surface area contributed by atoms with E-state index in [1.54, 1.807) is 0 Å². The molecule has 0 saturated heterocycles. The van der Waals surface area contributed by atoms with Crippen LogP contribution >= 0.6 is 15.9 Å². The highest BCUT2D eigenvalue weighted by molar-refractivity contribution is 9.10. The molecule has 0 spiro atoms. The number of halogens is 1. The van der Waals surface area contributed by atoms with E-state index in [-0.39, 0.29) is 0 Å². The van der Waals surface area contributed by atoms with Gasteiger partial charge in [-0.2, -0.15) is 0 Å². The summed E-state index contributed by atoms with van der Waals surface area (Å²) in [4.78, 5) is 8.96. The lowest BCUT2D eigenvalue weighted by Gasteiger charge is -2.32. The van der Waals surface area contributed by atoms with Crippen LogP contribution in [0.3, 0.4) is 0 Å². The van der Waals surface area contributed by atoms with Gasteiger partial charge in [-0.25, -0.2) is 9.97 Å². The Morgan fingerprint density at radius 2 is 2.00 bits per heavy atom. The lowest BCUT2D eigenvalue weighted by atomic mass is 9.85. The minimum absolute atomic E-state index is 0.538. The van der Waals surface area contributed by atoms with E-state index in [9.17, 15) is 5.11 Å². The molecule has 2 N–H and O–H groups in total. The molecule has 0 aromatic carbocycles. The topological polar surface area (TPSA) is 58.0 Å². The molecule has 3 rings (SSSR count). The van der Waals surface area contributed by atoms with Gasteiger partial charge in [-0.05, 0) is 41.6 Å². The SMILES string of the molecule is OC1(CNc2cc(Br)nc(C3CC3)n2)CCCCC1. The summed E-state index contributed by atoms with van der Waals surface area (Å²) < 4.78 is 0.822. The first kappa shape index (κ1) is 13.3. The van der Waals surface area contributed by atoms with Gasteiger partial charge < -0.3 is 10.4 Å². The summed E-state index contributed by atoms with van der Waals surface area (Å²) in [5.41, 5.74) is -0.560. The van der Waals surface area contributed by atoms with E-state index in [0.29, 0.717) is 12.5 Å². The second-order valence-corrected chi connectivity index (χ2v) is 6.66. The Balaban J connectivity index is 1.65.